The van der Waals surface area contributed by atoms with Gasteiger partial charge in [-0.05, 0) is 35.4 Å². The third-order valence-electron chi connectivity index (χ3n) is 4.65. The Bertz CT molecular complexity index is 1120. The van der Waals surface area contributed by atoms with Crippen molar-refractivity contribution in [2.75, 3.05) is 7.11 Å². The van der Waals surface area contributed by atoms with Crippen molar-refractivity contribution in [3.8, 4) is 5.75 Å². The van der Waals surface area contributed by atoms with E-state index < -0.39 is 0 Å². The van der Waals surface area contributed by atoms with Gasteiger partial charge in [-0.25, -0.2) is 4.98 Å². The molecule has 0 atom stereocenters. The second kappa shape index (κ2) is 7.46. The minimum Gasteiger partial charge on any atom is -0.497 e. The minimum absolute atomic E-state index is 0.0117. The van der Waals surface area contributed by atoms with E-state index in [1.807, 2.05) is 66.7 Å². The summed E-state index contributed by atoms with van der Waals surface area (Å²) in [7, 11) is 1.64. The van der Waals surface area contributed by atoms with Gasteiger partial charge in [0.15, 0.2) is 0 Å². The third kappa shape index (κ3) is 3.60. The van der Waals surface area contributed by atoms with Gasteiger partial charge >= 0.3 is 0 Å². The molecule has 134 valence electrons. The van der Waals surface area contributed by atoms with Gasteiger partial charge in [0.2, 0.25) is 0 Å². The van der Waals surface area contributed by atoms with Crippen LogP contribution in [-0.2, 0) is 13.0 Å². The Labute approximate surface area is 157 Å². The van der Waals surface area contributed by atoms with Crippen LogP contribution in [0.4, 0.5) is 0 Å². The molecule has 0 bridgehead atoms. The molecule has 4 rings (SSSR count). The molecule has 0 amide bonds. The zero-order valence-corrected chi connectivity index (χ0v) is 15.1. The van der Waals surface area contributed by atoms with Gasteiger partial charge in [-0.15, -0.1) is 0 Å². The fourth-order valence-corrected chi connectivity index (χ4v) is 3.20. The highest BCUT2D eigenvalue weighted by molar-refractivity contribution is 5.77. The molecule has 3 aromatic carbocycles. The average Bonchev–Trinajstić information content (AvgIpc) is 2.72. The first kappa shape index (κ1) is 17.0. The molecule has 0 aliphatic rings. The number of para-hydroxylation sites is 1. The highest BCUT2D eigenvalue weighted by Crippen LogP contribution is 2.15. The summed E-state index contributed by atoms with van der Waals surface area (Å²) in [4.78, 5) is 18.0. The molecule has 0 radical (unpaired) electrons. The van der Waals surface area contributed by atoms with Gasteiger partial charge in [-0.1, -0.05) is 54.6 Å². The van der Waals surface area contributed by atoms with Gasteiger partial charge in [0.1, 0.15) is 11.6 Å². The van der Waals surface area contributed by atoms with E-state index in [0.29, 0.717) is 18.4 Å². The number of rotatable bonds is 5. The molecular weight excluding hydrogens is 336 g/mol. The molecule has 4 nitrogen and oxygen atoms in total. The number of aromatic nitrogens is 2. The number of ether oxygens (including phenoxy) is 1. The summed E-state index contributed by atoms with van der Waals surface area (Å²) in [6.07, 6.45) is 0.608. The van der Waals surface area contributed by atoms with Crippen molar-refractivity contribution in [2.45, 2.75) is 13.0 Å². The van der Waals surface area contributed by atoms with Gasteiger partial charge in [-0.3, -0.25) is 9.36 Å². The van der Waals surface area contributed by atoms with E-state index in [1.165, 1.54) is 0 Å². The second-order valence-corrected chi connectivity index (χ2v) is 6.45. The lowest BCUT2D eigenvalue weighted by molar-refractivity contribution is 0.414. The van der Waals surface area contributed by atoms with Gasteiger partial charge < -0.3 is 4.74 Å². The normalized spacial score (nSPS) is 10.9. The summed E-state index contributed by atoms with van der Waals surface area (Å²) in [5.41, 5.74) is 2.88. The molecule has 0 unspecified atom stereocenters. The van der Waals surface area contributed by atoms with Crippen LogP contribution >= 0.6 is 0 Å². The zero-order chi connectivity index (χ0) is 18.6. The zero-order valence-electron chi connectivity index (χ0n) is 15.1. The average molecular weight is 356 g/mol. The van der Waals surface area contributed by atoms with E-state index >= 15 is 0 Å². The number of fused-ring (bicyclic) bond motifs is 1. The summed E-state index contributed by atoms with van der Waals surface area (Å²) in [6, 6.07) is 25.4. The third-order valence-corrected chi connectivity index (χ3v) is 4.65. The SMILES string of the molecule is COc1ccc(Cn2c(Cc3ccccc3)nc3ccccc3c2=O)cc1. The van der Waals surface area contributed by atoms with Crippen LogP contribution < -0.4 is 10.3 Å². The van der Waals surface area contributed by atoms with E-state index in [1.54, 1.807) is 11.7 Å². The number of hydrogen-bond acceptors (Lipinski definition) is 3. The summed E-state index contributed by atoms with van der Waals surface area (Å²) < 4.78 is 7.00. The molecule has 0 aliphatic heterocycles. The van der Waals surface area contributed by atoms with Crippen LogP contribution in [0.15, 0.2) is 83.7 Å². The Morgan fingerprint density at radius 3 is 2.30 bits per heavy atom. The number of benzene rings is 3. The van der Waals surface area contributed by atoms with E-state index in [9.17, 15) is 4.79 Å². The van der Waals surface area contributed by atoms with Crippen molar-refractivity contribution in [3.63, 3.8) is 0 Å². The molecule has 0 aliphatic carbocycles. The molecule has 0 fully saturated rings. The fourth-order valence-electron chi connectivity index (χ4n) is 3.20. The van der Waals surface area contributed by atoms with Crippen LogP contribution in [0.5, 0.6) is 5.75 Å². The summed E-state index contributed by atoms with van der Waals surface area (Å²) in [5, 5.41) is 0.642. The molecule has 1 aromatic heterocycles. The molecule has 0 saturated heterocycles. The van der Waals surface area contributed by atoms with Crippen molar-refractivity contribution < 1.29 is 4.74 Å². The van der Waals surface area contributed by atoms with Crippen LogP contribution in [0.2, 0.25) is 0 Å². The van der Waals surface area contributed by atoms with Gasteiger partial charge in [0.25, 0.3) is 5.56 Å². The van der Waals surface area contributed by atoms with Crippen molar-refractivity contribution in [1.29, 1.82) is 0 Å². The molecule has 1 heterocycles. The highest BCUT2D eigenvalue weighted by atomic mass is 16.5. The fraction of sp³-hybridized carbons (Fsp3) is 0.130. The summed E-state index contributed by atoms with van der Waals surface area (Å²) in [5.74, 6) is 1.56. The number of hydrogen-bond donors (Lipinski definition) is 0. The predicted octanol–water partition coefficient (Wildman–Crippen LogP) is 4.04. The first-order valence-corrected chi connectivity index (χ1v) is 8.90. The number of nitrogens with zero attached hydrogens (tertiary/aromatic N) is 2. The van der Waals surface area contributed by atoms with Gasteiger partial charge in [0.05, 0.1) is 24.6 Å². The van der Waals surface area contributed by atoms with Crippen LogP contribution in [0.1, 0.15) is 17.0 Å². The quantitative estimate of drug-likeness (QED) is 0.542. The van der Waals surface area contributed by atoms with Crippen molar-refractivity contribution in [3.05, 3.63) is 106 Å². The maximum atomic E-state index is 13.2. The van der Waals surface area contributed by atoms with Crippen LogP contribution in [-0.4, -0.2) is 16.7 Å². The Hall–Kier alpha value is -3.40. The topological polar surface area (TPSA) is 44.1 Å². The van der Waals surface area contributed by atoms with Gasteiger partial charge in [0, 0.05) is 6.42 Å². The molecular formula is C23H20N2O2. The van der Waals surface area contributed by atoms with Crippen molar-refractivity contribution in [2.24, 2.45) is 0 Å². The van der Waals surface area contributed by atoms with E-state index in [-0.39, 0.29) is 5.56 Å². The van der Waals surface area contributed by atoms with Crippen molar-refractivity contribution in [1.82, 2.24) is 9.55 Å². The lowest BCUT2D eigenvalue weighted by atomic mass is 10.1. The Morgan fingerprint density at radius 2 is 1.56 bits per heavy atom. The van der Waals surface area contributed by atoms with Crippen LogP contribution in [0.25, 0.3) is 10.9 Å². The standard InChI is InChI=1S/C23H20N2O2/c1-27-19-13-11-18(12-14-19)16-25-22(15-17-7-3-2-4-8-17)24-21-10-6-5-9-20(21)23(25)26/h2-14H,15-16H2,1H3. The minimum atomic E-state index is -0.0117. The molecule has 0 N–H and O–H groups in total. The van der Waals surface area contributed by atoms with Crippen LogP contribution in [0.3, 0.4) is 0 Å². The summed E-state index contributed by atoms with van der Waals surface area (Å²) in [6.45, 7) is 0.475. The second-order valence-electron chi connectivity index (χ2n) is 6.45. The first-order chi connectivity index (χ1) is 13.2. The monoisotopic (exact) mass is 356 g/mol. The largest absolute Gasteiger partial charge is 0.497 e. The smallest absolute Gasteiger partial charge is 0.261 e. The lowest BCUT2D eigenvalue weighted by Crippen LogP contribution is -2.26. The lowest BCUT2D eigenvalue weighted by Gasteiger charge is -2.14. The van der Waals surface area contributed by atoms with E-state index in [0.717, 1.165) is 28.2 Å². The van der Waals surface area contributed by atoms with Crippen molar-refractivity contribution >= 4 is 10.9 Å². The van der Waals surface area contributed by atoms with Crippen LogP contribution in [0, 0.1) is 0 Å². The Balaban J connectivity index is 1.81. The predicted molar refractivity (Wildman–Crippen MR) is 107 cm³/mol. The first-order valence-electron chi connectivity index (χ1n) is 8.90. The molecule has 0 spiro atoms. The maximum Gasteiger partial charge on any atom is 0.261 e. The Kier molecular flexibility index (Phi) is 4.71. The van der Waals surface area contributed by atoms with Gasteiger partial charge in [-0.2, -0.15) is 0 Å². The Morgan fingerprint density at radius 1 is 0.852 bits per heavy atom. The molecule has 4 heteroatoms. The summed E-state index contributed by atoms with van der Waals surface area (Å²) >= 11 is 0. The highest BCUT2D eigenvalue weighted by Gasteiger charge is 2.12. The molecule has 27 heavy (non-hydrogen) atoms. The van der Waals surface area contributed by atoms with E-state index in [4.69, 9.17) is 9.72 Å². The van der Waals surface area contributed by atoms with E-state index in [2.05, 4.69) is 12.1 Å². The molecule has 0 saturated carbocycles. The molecule has 4 aromatic rings. The number of methoxy groups -OCH3 is 1. The maximum absolute atomic E-state index is 13.2.